The van der Waals surface area contributed by atoms with Gasteiger partial charge in [0.05, 0.1) is 12.7 Å². The summed E-state index contributed by atoms with van der Waals surface area (Å²) in [4.78, 5) is 37.9. The highest BCUT2D eigenvalue weighted by Gasteiger charge is 2.54. The molecule has 6 atom stereocenters. The number of nitrogens with zero attached hydrogens (tertiary/aromatic N) is 1. The van der Waals surface area contributed by atoms with Crippen LogP contribution in [0.1, 0.15) is 33.9 Å². The lowest BCUT2D eigenvalue weighted by atomic mass is 9.96. The van der Waals surface area contributed by atoms with Crippen LogP contribution in [0.5, 0.6) is 5.75 Å². The first-order chi connectivity index (χ1) is 16.8. The molecule has 4 N–H and O–H groups in total. The first kappa shape index (κ1) is 27.8. The van der Waals surface area contributed by atoms with Crippen molar-refractivity contribution in [2.75, 3.05) is 6.61 Å². The van der Waals surface area contributed by atoms with Crippen molar-refractivity contribution in [3.8, 4) is 5.75 Å². The van der Waals surface area contributed by atoms with Crippen LogP contribution in [-0.4, -0.2) is 62.3 Å². The lowest BCUT2D eigenvalue weighted by Crippen LogP contribution is -2.47. The SMILES string of the molecule is CC(C)OC(=O)[C@H](C)NP(=O)(OC[C@H]1O[C@@H](n2ccc(=O)[nH]c2=O)[C@](C)(O)[C@@H]1O)Oc1ccccc1. The molecule has 1 fully saturated rings. The monoisotopic (exact) mass is 527 g/mol. The van der Waals surface area contributed by atoms with Gasteiger partial charge in [0.15, 0.2) is 6.23 Å². The van der Waals surface area contributed by atoms with E-state index in [9.17, 15) is 29.2 Å². The molecule has 2 aromatic rings. The highest BCUT2D eigenvalue weighted by Crippen LogP contribution is 2.46. The van der Waals surface area contributed by atoms with Gasteiger partial charge in [0.1, 0.15) is 29.6 Å². The molecule has 1 aliphatic rings. The predicted octanol–water partition coefficient (Wildman–Crippen LogP) is 0.679. The zero-order chi connectivity index (χ0) is 26.7. The molecule has 3 rings (SSSR count). The Kier molecular flexibility index (Phi) is 8.55. The molecule has 1 saturated heterocycles. The maximum atomic E-state index is 13.6. The molecule has 1 unspecified atom stereocenters. The Morgan fingerprint density at radius 2 is 1.92 bits per heavy atom. The number of para-hydroxylation sites is 1. The van der Waals surface area contributed by atoms with E-state index in [4.69, 9.17) is 18.5 Å². The maximum absolute atomic E-state index is 13.6. The van der Waals surface area contributed by atoms with Crippen molar-refractivity contribution in [2.24, 2.45) is 0 Å². The molecule has 198 valence electrons. The van der Waals surface area contributed by atoms with Crippen molar-refractivity contribution < 1.29 is 38.1 Å². The Labute approximate surface area is 206 Å². The van der Waals surface area contributed by atoms with Gasteiger partial charge in [0.2, 0.25) is 0 Å². The van der Waals surface area contributed by atoms with Crippen molar-refractivity contribution in [1.29, 1.82) is 0 Å². The van der Waals surface area contributed by atoms with Crippen LogP contribution in [0.25, 0.3) is 0 Å². The molecule has 0 bridgehead atoms. The van der Waals surface area contributed by atoms with Crippen molar-refractivity contribution >= 4 is 13.7 Å². The number of hydrogen-bond donors (Lipinski definition) is 4. The fourth-order valence-corrected chi connectivity index (χ4v) is 5.00. The molecule has 0 radical (unpaired) electrons. The molecular weight excluding hydrogens is 497 g/mol. The topological polar surface area (TPSA) is 178 Å². The predicted molar refractivity (Wildman–Crippen MR) is 126 cm³/mol. The number of H-pyrrole nitrogens is 1. The highest BCUT2D eigenvalue weighted by molar-refractivity contribution is 7.52. The number of esters is 1. The lowest BCUT2D eigenvalue weighted by Gasteiger charge is -2.27. The van der Waals surface area contributed by atoms with Crippen molar-refractivity contribution in [1.82, 2.24) is 14.6 Å². The Morgan fingerprint density at radius 3 is 2.53 bits per heavy atom. The summed E-state index contributed by atoms with van der Waals surface area (Å²) >= 11 is 0. The third-order valence-corrected chi connectivity index (χ3v) is 6.94. The average Bonchev–Trinajstić information content (AvgIpc) is 3.01. The number of hydrogen-bond acceptors (Lipinski definition) is 10. The van der Waals surface area contributed by atoms with Gasteiger partial charge in [-0.25, -0.2) is 9.36 Å². The number of ether oxygens (including phenoxy) is 2. The van der Waals surface area contributed by atoms with Crippen LogP contribution < -0.4 is 20.9 Å². The molecule has 13 nitrogen and oxygen atoms in total. The van der Waals surface area contributed by atoms with Crippen molar-refractivity contribution in [3.05, 3.63) is 63.4 Å². The van der Waals surface area contributed by atoms with Crippen LogP contribution >= 0.6 is 7.75 Å². The van der Waals surface area contributed by atoms with Crippen LogP contribution in [0.4, 0.5) is 0 Å². The molecular formula is C22H30N3O10P. The second-order valence-electron chi connectivity index (χ2n) is 8.75. The van der Waals surface area contributed by atoms with E-state index < -0.39 is 67.8 Å². The van der Waals surface area contributed by atoms with Crippen LogP contribution in [0.3, 0.4) is 0 Å². The number of nitrogens with one attached hydrogen (secondary N) is 2. The molecule has 0 spiro atoms. The normalized spacial score (nSPS) is 26.4. The Bertz CT molecular complexity index is 1210. The fraction of sp³-hybridized carbons (Fsp3) is 0.500. The third-order valence-electron chi connectivity index (χ3n) is 5.29. The Balaban J connectivity index is 1.80. The van der Waals surface area contributed by atoms with E-state index in [2.05, 4.69) is 5.09 Å². The van der Waals surface area contributed by atoms with Gasteiger partial charge >= 0.3 is 19.4 Å². The van der Waals surface area contributed by atoms with Gasteiger partial charge in [-0.15, -0.1) is 0 Å². The molecule has 1 aromatic heterocycles. The average molecular weight is 527 g/mol. The lowest BCUT2D eigenvalue weighted by molar-refractivity contribution is -0.149. The number of carbonyl (C=O) groups is 1. The van der Waals surface area contributed by atoms with E-state index >= 15 is 0 Å². The minimum absolute atomic E-state index is 0.176. The van der Waals surface area contributed by atoms with Gasteiger partial charge in [-0.05, 0) is 39.8 Å². The van der Waals surface area contributed by atoms with Crippen molar-refractivity contribution in [3.63, 3.8) is 0 Å². The van der Waals surface area contributed by atoms with Crippen LogP contribution in [0, 0.1) is 0 Å². The van der Waals surface area contributed by atoms with Gasteiger partial charge in [0.25, 0.3) is 5.56 Å². The molecule has 1 aliphatic heterocycles. The van der Waals surface area contributed by atoms with E-state index in [0.29, 0.717) is 0 Å². The van der Waals surface area contributed by atoms with Crippen molar-refractivity contribution in [2.45, 2.75) is 63.9 Å². The third kappa shape index (κ3) is 6.49. The van der Waals surface area contributed by atoms with Gasteiger partial charge in [-0.3, -0.25) is 23.7 Å². The van der Waals surface area contributed by atoms with Crippen LogP contribution in [-0.2, 0) is 23.4 Å². The molecule has 1 aromatic carbocycles. The number of aromatic nitrogens is 2. The quantitative estimate of drug-likeness (QED) is 0.252. The van der Waals surface area contributed by atoms with Crippen LogP contribution in [0.2, 0.25) is 0 Å². The number of rotatable bonds is 10. The Hall–Kier alpha value is -2.80. The molecule has 0 aliphatic carbocycles. The number of aromatic amines is 1. The standard InChI is InChI=1S/C22H30N3O10P/c1-13(2)33-19(28)14(3)24-36(31,35-15-8-6-5-7-9-15)32-12-16-18(27)22(4,30)20(34-16)25-11-10-17(26)23-21(25)29/h5-11,13-14,16,18,20,27,30H,12H2,1-4H3,(H,24,31)(H,23,26,29)/t14-,16+,18+,20+,22+,36?/m0/s1. The summed E-state index contributed by atoms with van der Waals surface area (Å²) in [5.41, 5.74) is -3.49. The zero-order valence-electron chi connectivity index (χ0n) is 20.2. The van der Waals surface area contributed by atoms with Gasteiger partial charge in [0, 0.05) is 12.3 Å². The first-order valence-electron chi connectivity index (χ1n) is 11.2. The summed E-state index contributed by atoms with van der Waals surface area (Å²) < 4.78 is 36.3. The molecule has 0 saturated carbocycles. The summed E-state index contributed by atoms with van der Waals surface area (Å²) in [7, 11) is -4.26. The van der Waals surface area contributed by atoms with Gasteiger partial charge in [-0.1, -0.05) is 18.2 Å². The summed E-state index contributed by atoms with van der Waals surface area (Å²) in [6, 6.07) is 8.02. The first-order valence-corrected chi connectivity index (χ1v) is 12.7. The summed E-state index contributed by atoms with van der Waals surface area (Å²) in [6.07, 6.45) is -3.54. The highest BCUT2D eigenvalue weighted by atomic mass is 31.2. The largest absolute Gasteiger partial charge is 0.462 e. The van der Waals surface area contributed by atoms with E-state index in [1.807, 2.05) is 4.98 Å². The number of aliphatic hydroxyl groups excluding tert-OH is 1. The minimum atomic E-state index is -4.26. The maximum Gasteiger partial charge on any atom is 0.459 e. The fourth-order valence-electron chi connectivity index (χ4n) is 3.50. The zero-order valence-corrected chi connectivity index (χ0v) is 21.1. The second kappa shape index (κ2) is 11.1. The number of aliphatic hydroxyl groups is 2. The molecule has 36 heavy (non-hydrogen) atoms. The molecule has 14 heteroatoms. The van der Waals surface area contributed by atoms with Gasteiger partial charge < -0.3 is 24.2 Å². The van der Waals surface area contributed by atoms with Gasteiger partial charge in [-0.2, -0.15) is 5.09 Å². The van der Waals surface area contributed by atoms with E-state index in [0.717, 1.165) is 16.8 Å². The molecule has 2 heterocycles. The van der Waals surface area contributed by atoms with E-state index in [1.54, 1.807) is 32.0 Å². The summed E-state index contributed by atoms with van der Waals surface area (Å²) in [6.45, 7) is 5.42. The Morgan fingerprint density at radius 1 is 1.25 bits per heavy atom. The molecule has 0 amide bonds. The van der Waals surface area contributed by atoms with E-state index in [1.165, 1.54) is 26.0 Å². The minimum Gasteiger partial charge on any atom is -0.462 e. The number of benzene rings is 1. The second-order valence-corrected chi connectivity index (χ2v) is 10.4. The summed E-state index contributed by atoms with van der Waals surface area (Å²) in [5, 5.41) is 24.0. The van der Waals surface area contributed by atoms with Crippen LogP contribution in [0.15, 0.2) is 52.2 Å². The number of carbonyl (C=O) groups excluding carboxylic acids is 1. The smallest absolute Gasteiger partial charge is 0.459 e. The summed E-state index contributed by atoms with van der Waals surface area (Å²) in [5.74, 6) is -0.515. The van der Waals surface area contributed by atoms with E-state index in [-0.39, 0.29) is 5.75 Å².